The van der Waals surface area contributed by atoms with Crippen LogP contribution in [0.1, 0.15) is 30.4 Å². The van der Waals surface area contributed by atoms with Gasteiger partial charge in [0.1, 0.15) is 11.3 Å². The molecular formula is C26H32ClN3O4. The van der Waals surface area contributed by atoms with Gasteiger partial charge in [-0.3, -0.25) is 14.6 Å². The van der Waals surface area contributed by atoms with Crippen molar-refractivity contribution in [2.24, 2.45) is 0 Å². The zero-order chi connectivity index (χ0) is 24.1. The van der Waals surface area contributed by atoms with Crippen molar-refractivity contribution in [3.05, 3.63) is 64.7 Å². The summed E-state index contributed by atoms with van der Waals surface area (Å²) >= 11 is 6.15. The number of ether oxygens (including phenoxy) is 2. The van der Waals surface area contributed by atoms with E-state index < -0.39 is 5.54 Å². The van der Waals surface area contributed by atoms with E-state index in [1.807, 2.05) is 42.5 Å². The number of urea groups is 1. The van der Waals surface area contributed by atoms with Gasteiger partial charge in [0.05, 0.1) is 13.7 Å². The molecule has 2 aliphatic heterocycles. The SMILES string of the molecule is COCCCN1C(=O)N(Cc2ccc(OC)cc2)C(=O)C12CCN(Cc1cccc(Cl)c1)CC2. The average Bonchev–Trinajstić information content (AvgIpc) is 3.03. The molecule has 34 heavy (non-hydrogen) atoms. The number of hydrogen-bond donors (Lipinski definition) is 0. The highest BCUT2D eigenvalue weighted by Gasteiger charge is 2.57. The van der Waals surface area contributed by atoms with Gasteiger partial charge >= 0.3 is 6.03 Å². The molecule has 2 fully saturated rings. The highest BCUT2D eigenvalue weighted by atomic mass is 35.5. The summed E-state index contributed by atoms with van der Waals surface area (Å²) in [5.74, 6) is 0.653. The van der Waals surface area contributed by atoms with Gasteiger partial charge in [-0.1, -0.05) is 35.9 Å². The van der Waals surface area contributed by atoms with Crippen LogP contribution in [0, 0.1) is 0 Å². The van der Waals surface area contributed by atoms with Crippen LogP contribution in [0.2, 0.25) is 5.02 Å². The van der Waals surface area contributed by atoms with E-state index in [9.17, 15) is 9.59 Å². The molecule has 0 saturated carbocycles. The number of amides is 3. The number of piperidine rings is 1. The fraction of sp³-hybridized carbons (Fsp3) is 0.462. The first-order valence-electron chi connectivity index (χ1n) is 11.7. The summed E-state index contributed by atoms with van der Waals surface area (Å²) in [5.41, 5.74) is 1.26. The maximum atomic E-state index is 13.7. The zero-order valence-corrected chi connectivity index (χ0v) is 20.6. The van der Waals surface area contributed by atoms with Gasteiger partial charge in [0.25, 0.3) is 5.91 Å². The van der Waals surface area contributed by atoms with Crippen LogP contribution in [0.25, 0.3) is 0 Å². The molecule has 2 heterocycles. The van der Waals surface area contributed by atoms with Crippen molar-refractivity contribution in [1.82, 2.24) is 14.7 Å². The van der Waals surface area contributed by atoms with E-state index in [1.54, 1.807) is 19.1 Å². The summed E-state index contributed by atoms with van der Waals surface area (Å²) < 4.78 is 10.4. The lowest BCUT2D eigenvalue weighted by Gasteiger charge is -2.42. The summed E-state index contributed by atoms with van der Waals surface area (Å²) in [6.45, 7) is 3.57. The van der Waals surface area contributed by atoms with E-state index in [0.29, 0.717) is 32.4 Å². The molecule has 2 saturated heterocycles. The smallest absolute Gasteiger partial charge is 0.327 e. The quantitative estimate of drug-likeness (QED) is 0.394. The van der Waals surface area contributed by atoms with Crippen LogP contribution in [-0.4, -0.2) is 72.6 Å². The normalized spacial score (nSPS) is 18.2. The number of benzene rings is 2. The monoisotopic (exact) mass is 485 g/mol. The van der Waals surface area contributed by atoms with Crippen molar-refractivity contribution in [1.29, 1.82) is 0 Å². The number of methoxy groups -OCH3 is 2. The average molecular weight is 486 g/mol. The number of likely N-dealkylation sites (tertiary alicyclic amines) is 1. The minimum Gasteiger partial charge on any atom is -0.497 e. The van der Waals surface area contributed by atoms with E-state index in [1.165, 1.54) is 4.90 Å². The molecule has 0 unspecified atom stereocenters. The Balaban J connectivity index is 1.50. The predicted molar refractivity (Wildman–Crippen MR) is 131 cm³/mol. The van der Waals surface area contributed by atoms with Crippen LogP contribution in [0.4, 0.5) is 4.79 Å². The highest BCUT2D eigenvalue weighted by Crippen LogP contribution is 2.38. The lowest BCUT2D eigenvalue weighted by Crippen LogP contribution is -2.56. The molecule has 182 valence electrons. The van der Waals surface area contributed by atoms with Crippen molar-refractivity contribution >= 4 is 23.5 Å². The van der Waals surface area contributed by atoms with Crippen LogP contribution in [0.3, 0.4) is 0 Å². The number of halogens is 1. The first-order chi connectivity index (χ1) is 16.5. The molecule has 0 N–H and O–H groups in total. The van der Waals surface area contributed by atoms with Crippen molar-refractivity contribution in [2.75, 3.05) is 40.5 Å². The number of rotatable bonds is 9. The molecule has 2 aromatic carbocycles. The Morgan fingerprint density at radius 3 is 2.35 bits per heavy atom. The molecule has 3 amide bonds. The first kappa shape index (κ1) is 24.5. The van der Waals surface area contributed by atoms with Gasteiger partial charge in [-0.05, 0) is 54.7 Å². The number of carbonyl (C=O) groups excluding carboxylic acids is 2. The second kappa shape index (κ2) is 10.8. The fourth-order valence-electron chi connectivity index (χ4n) is 4.97. The van der Waals surface area contributed by atoms with Crippen LogP contribution in [0.15, 0.2) is 48.5 Å². The Morgan fingerprint density at radius 2 is 1.71 bits per heavy atom. The lowest BCUT2D eigenvalue weighted by molar-refractivity contribution is -0.136. The number of nitrogens with zero attached hydrogens (tertiary/aromatic N) is 3. The van der Waals surface area contributed by atoms with Crippen molar-refractivity contribution in [3.63, 3.8) is 0 Å². The molecule has 4 rings (SSSR count). The van der Waals surface area contributed by atoms with Gasteiger partial charge in [0, 0.05) is 44.9 Å². The molecule has 1 spiro atoms. The summed E-state index contributed by atoms with van der Waals surface area (Å²) in [7, 11) is 3.26. The van der Waals surface area contributed by atoms with Gasteiger partial charge < -0.3 is 14.4 Å². The molecule has 2 aliphatic rings. The highest BCUT2D eigenvalue weighted by molar-refractivity contribution is 6.30. The van der Waals surface area contributed by atoms with Crippen molar-refractivity contribution in [3.8, 4) is 5.75 Å². The molecule has 8 heteroatoms. The Hall–Kier alpha value is -2.61. The summed E-state index contributed by atoms with van der Waals surface area (Å²) in [5, 5.41) is 0.723. The summed E-state index contributed by atoms with van der Waals surface area (Å²) in [4.78, 5) is 32.7. The lowest BCUT2D eigenvalue weighted by atomic mass is 9.85. The minimum atomic E-state index is -0.790. The van der Waals surface area contributed by atoms with Gasteiger partial charge in [-0.15, -0.1) is 0 Å². The van der Waals surface area contributed by atoms with Gasteiger partial charge in [-0.25, -0.2) is 4.79 Å². The number of hydrogen-bond acceptors (Lipinski definition) is 5. The number of carbonyl (C=O) groups is 2. The van der Waals surface area contributed by atoms with E-state index in [-0.39, 0.29) is 18.5 Å². The van der Waals surface area contributed by atoms with Crippen LogP contribution >= 0.6 is 11.6 Å². The minimum absolute atomic E-state index is 0.0897. The molecule has 7 nitrogen and oxygen atoms in total. The molecule has 0 atom stereocenters. The molecule has 0 radical (unpaired) electrons. The molecule has 2 aromatic rings. The Morgan fingerprint density at radius 1 is 0.971 bits per heavy atom. The standard InChI is InChI=1S/C26H32ClN3O4/c1-33-16-4-13-30-25(32)29(19-20-7-9-23(34-2)10-8-20)24(31)26(30)11-14-28(15-12-26)18-21-5-3-6-22(27)17-21/h3,5-10,17H,4,11-16,18-19H2,1-2H3. The fourth-order valence-corrected chi connectivity index (χ4v) is 5.18. The van der Waals surface area contributed by atoms with Gasteiger partial charge in [0.15, 0.2) is 0 Å². The second-order valence-corrected chi connectivity index (χ2v) is 9.39. The largest absolute Gasteiger partial charge is 0.497 e. The maximum absolute atomic E-state index is 13.7. The van der Waals surface area contributed by atoms with Crippen molar-refractivity contribution in [2.45, 2.75) is 37.9 Å². The summed E-state index contributed by atoms with van der Waals surface area (Å²) in [6.07, 6.45) is 1.92. The second-order valence-electron chi connectivity index (χ2n) is 8.96. The molecular weight excluding hydrogens is 454 g/mol. The van der Waals surface area contributed by atoms with Gasteiger partial charge in [-0.2, -0.15) is 0 Å². The predicted octanol–water partition coefficient (Wildman–Crippen LogP) is 4.18. The molecule has 0 aliphatic carbocycles. The Bertz CT molecular complexity index is 1010. The van der Waals surface area contributed by atoms with E-state index in [2.05, 4.69) is 11.0 Å². The van der Waals surface area contributed by atoms with Crippen LogP contribution in [0.5, 0.6) is 5.75 Å². The topological polar surface area (TPSA) is 62.3 Å². The summed E-state index contributed by atoms with van der Waals surface area (Å²) in [6, 6.07) is 15.1. The molecule has 0 bridgehead atoms. The van der Waals surface area contributed by atoms with E-state index in [4.69, 9.17) is 21.1 Å². The molecule has 0 aromatic heterocycles. The number of imide groups is 1. The van der Waals surface area contributed by atoms with Crippen molar-refractivity contribution < 1.29 is 19.1 Å². The zero-order valence-electron chi connectivity index (χ0n) is 19.8. The maximum Gasteiger partial charge on any atom is 0.327 e. The van der Waals surface area contributed by atoms with Crippen LogP contribution in [-0.2, 0) is 22.6 Å². The third-order valence-electron chi connectivity index (χ3n) is 6.83. The van der Waals surface area contributed by atoms with Gasteiger partial charge in [0.2, 0.25) is 0 Å². The Kier molecular flexibility index (Phi) is 7.76. The third-order valence-corrected chi connectivity index (χ3v) is 7.07. The van der Waals surface area contributed by atoms with E-state index in [0.717, 1.165) is 41.5 Å². The van der Waals surface area contributed by atoms with Crippen LogP contribution < -0.4 is 4.74 Å². The first-order valence-corrected chi connectivity index (χ1v) is 12.1. The van der Waals surface area contributed by atoms with E-state index >= 15 is 0 Å². The third kappa shape index (κ3) is 5.06. The Labute approximate surface area is 206 Å².